The molecule has 0 aromatic heterocycles. The number of benzene rings is 1. The maximum atomic E-state index is 12.0. The van der Waals surface area contributed by atoms with Gasteiger partial charge in [0, 0.05) is 24.8 Å². The fourth-order valence-corrected chi connectivity index (χ4v) is 4.11. The molecule has 1 aromatic carbocycles. The lowest BCUT2D eigenvalue weighted by molar-refractivity contribution is 0.248. The number of carbonyl (C=O) groups is 1. The Hall–Kier alpha value is -1.60. The van der Waals surface area contributed by atoms with Gasteiger partial charge in [-0.05, 0) is 42.5 Å². The van der Waals surface area contributed by atoms with Crippen LogP contribution in [-0.2, 0) is 23.0 Å². The van der Waals surface area contributed by atoms with Crippen molar-refractivity contribution in [2.45, 2.75) is 44.7 Å². The number of hydrogen-bond acceptors (Lipinski definition) is 3. The third-order valence-corrected chi connectivity index (χ3v) is 5.85. The maximum absolute atomic E-state index is 12.0. The van der Waals surface area contributed by atoms with Crippen LogP contribution in [0.25, 0.3) is 0 Å². The van der Waals surface area contributed by atoms with Gasteiger partial charge in [0.2, 0.25) is 10.0 Å². The molecule has 7 heteroatoms. The molecule has 126 valence electrons. The first-order valence-corrected chi connectivity index (χ1v) is 9.91. The second kappa shape index (κ2) is 6.49. The first-order chi connectivity index (χ1) is 10.9. The SMILES string of the molecule is CS(=O)(=O)N1CCc2ccc(NC(=O)NC3CCCC3)cc2C1. The molecule has 1 aliphatic carbocycles. The number of sulfonamides is 1. The Labute approximate surface area is 137 Å². The molecule has 2 amide bonds. The molecule has 0 spiro atoms. The summed E-state index contributed by atoms with van der Waals surface area (Å²) in [5.41, 5.74) is 2.81. The van der Waals surface area contributed by atoms with Crippen molar-refractivity contribution < 1.29 is 13.2 Å². The molecule has 1 fully saturated rings. The predicted octanol–water partition coefficient (Wildman–Crippen LogP) is 2.07. The predicted molar refractivity (Wildman–Crippen MR) is 89.8 cm³/mol. The summed E-state index contributed by atoms with van der Waals surface area (Å²) in [6, 6.07) is 5.81. The molecule has 3 rings (SSSR count). The Kier molecular flexibility index (Phi) is 4.59. The summed E-state index contributed by atoms with van der Waals surface area (Å²) in [5.74, 6) is 0. The molecule has 1 aromatic rings. The third kappa shape index (κ3) is 4.03. The summed E-state index contributed by atoms with van der Waals surface area (Å²) < 4.78 is 24.9. The molecule has 0 saturated heterocycles. The van der Waals surface area contributed by atoms with Gasteiger partial charge >= 0.3 is 6.03 Å². The van der Waals surface area contributed by atoms with Gasteiger partial charge in [-0.2, -0.15) is 4.31 Å². The number of urea groups is 1. The first kappa shape index (κ1) is 16.3. The minimum atomic E-state index is -3.19. The zero-order valence-electron chi connectivity index (χ0n) is 13.3. The van der Waals surface area contributed by atoms with E-state index < -0.39 is 10.0 Å². The van der Waals surface area contributed by atoms with Gasteiger partial charge in [-0.15, -0.1) is 0 Å². The van der Waals surface area contributed by atoms with E-state index in [2.05, 4.69) is 10.6 Å². The van der Waals surface area contributed by atoms with Gasteiger partial charge in [0.1, 0.15) is 0 Å². The van der Waals surface area contributed by atoms with E-state index >= 15 is 0 Å². The molecule has 6 nitrogen and oxygen atoms in total. The number of fused-ring (bicyclic) bond motifs is 1. The van der Waals surface area contributed by atoms with Crippen molar-refractivity contribution in [1.82, 2.24) is 9.62 Å². The summed E-state index contributed by atoms with van der Waals surface area (Å²) in [7, 11) is -3.19. The van der Waals surface area contributed by atoms with Crippen LogP contribution in [-0.4, -0.2) is 37.6 Å². The lowest BCUT2D eigenvalue weighted by Crippen LogP contribution is -2.36. The normalized spacial score (nSPS) is 19.3. The van der Waals surface area contributed by atoms with Crippen molar-refractivity contribution >= 4 is 21.7 Å². The highest BCUT2D eigenvalue weighted by Crippen LogP contribution is 2.24. The van der Waals surface area contributed by atoms with Gasteiger partial charge in [0.05, 0.1) is 6.26 Å². The minimum Gasteiger partial charge on any atom is -0.335 e. The highest BCUT2D eigenvalue weighted by molar-refractivity contribution is 7.88. The highest BCUT2D eigenvalue weighted by Gasteiger charge is 2.23. The van der Waals surface area contributed by atoms with Gasteiger partial charge in [-0.3, -0.25) is 0 Å². The second-order valence-corrected chi connectivity index (χ2v) is 8.39. The van der Waals surface area contributed by atoms with Crippen LogP contribution in [0.2, 0.25) is 0 Å². The summed E-state index contributed by atoms with van der Waals surface area (Å²) in [4.78, 5) is 12.0. The molecule has 1 heterocycles. The van der Waals surface area contributed by atoms with E-state index in [0.29, 0.717) is 25.2 Å². The Balaban J connectivity index is 1.67. The molecule has 0 atom stereocenters. The van der Waals surface area contributed by atoms with Crippen LogP contribution in [0.15, 0.2) is 18.2 Å². The Morgan fingerprint density at radius 2 is 1.96 bits per heavy atom. The molecule has 23 heavy (non-hydrogen) atoms. The zero-order chi connectivity index (χ0) is 16.4. The van der Waals surface area contributed by atoms with E-state index in [0.717, 1.165) is 24.0 Å². The fourth-order valence-electron chi connectivity index (χ4n) is 3.31. The first-order valence-electron chi connectivity index (χ1n) is 8.06. The Morgan fingerprint density at radius 1 is 1.22 bits per heavy atom. The van der Waals surface area contributed by atoms with Crippen LogP contribution in [0.4, 0.5) is 10.5 Å². The molecular formula is C16H23N3O3S. The molecule has 1 aliphatic heterocycles. The zero-order valence-corrected chi connectivity index (χ0v) is 14.2. The van der Waals surface area contributed by atoms with Crippen molar-refractivity contribution in [3.8, 4) is 0 Å². The summed E-state index contributed by atoms with van der Waals surface area (Å²) in [6.07, 6.45) is 6.37. The van der Waals surface area contributed by atoms with Crippen LogP contribution < -0.4 is 10.6 Å². The maximum Gasteiger partial charge on any atom is 0.319 e. The van der Waals surface area contributed by atoms with Gasteiger partial charge < -0.3 is 10.6 Å². The van der Waals surface area contributed by atoms with Gasteiger partial charge in [0.25, 0.3) is 0 Å². The van der Waals surface area contributed by atoms with Crippen molar-refractivity contribution in [1.29, 1.82) is 0 Å². The summed E-state index contributed by atoms with van der Waals surface area (Å²) in [5, 5.41) is 5.84. The molecule has 0 bridgehead atoms. The van der Waals surface area contributed by atoms with Crippen molar-refractivity contribution in [2.24, 2.45) is 0 Å². The molecular weight excluding hydrogens is 314 g/mol. The van der Waals surface area contributed by atoms with Crippen LogP contribution in [0.3, 0.4) is 0 Å². The lowest BCUT2D eigenvalue weighted by Gasteiger charge is -2.27. The van der Waals surface area contributed by atoms with Gasteiger partial charge in [-0.25, -0.2) is 13.2 Å². The molecule has 0 radical (unpaired) electrons. The number of nitrogens with zero attached hydrogens (tertiary/aromatic N) is 1. The standard InChI is InChI=1S/C16H23N3O3S/c1-23(21,22)19-9-8-12-6-7-15(10-13(12)11-19)18-16(20)17-14-4-2-3-5-14/h6-7,10,14H,2-5,8-9,11H2,1H3,(H2,17,18,20). The number of rotatable bonds is 3. The monoisotopic (exact) mass is 337 g/mol. The molecule has 0 unspecified atom stereocenters. The smallest absolute Gasteiger partial charge is 0.319 e. The topological polar surface area (TPSA) is 78.5 Å². The van der Waals surface area contributed by atoms with Crippen molar-refractivity contribution in [3.63, 3.8) is 0 Å². The fraction of sp³-hybridized carbons (Fsp3) is 0.562. The molecule has 2 aliphatic rings. The van der Waals surface area contributed by atoms with Gasteiger partial charge in [0.15, 0.2) is 0 Å². The summed E-state index contributed by atoms with van der Waals surface area (Å²) in [6.45, 7) is 0.884. The Morgan fingerprint density at radius 3 is 2.65 bits per heavy atom. The number of hydrogen-bond donors (Lipinski definition) is 2. The largest absolute Gasteiger partial charge is 0.335 e. The van der Waals surface area contributed by atoms with Crippen LogP contribution >= 0.6 is 0 Å². The molecule has 2 N–H and O–H groups in total. The van der Waals surface area contributed by atoms with Crippen LogP contribution in [0.5, 0.6) is 0 Å². The average molecular weight is 337 g/mol. The highest BCUT2D eigenvalue weighted by atomic mass is 32.2. The van der Waals surface area contributed by atoms with E-state index in [1.54, 1.807) is 0 Å². The van der Waals surface area contributed by atoms with Crippen LogP contribution in [0.1, 0.15) is 36.8 Å². The van der Waals surface area contributed by atoms with E-state index in [-0.39, 0.29) is 12.1 Å². The lowest BCUT2D eigenvalue weighted by atomic mass is 10.0. The quantitative estimate of drug-likeness (QED) is 0.886. The van der Waals surface area contributed by atoms with E-state index in [9.17, 15) is 13.2 Å². The average Bonchev–Trinajstić information content (AvgIpc) is 2.98. The number of nitrogens with one attached hydrogen (secondary N) is 2. The second-order valence-electron chi connectivity index (χ2n) is 6.41. The van der Waals surface area contributed by atoms with Crippen LogP contribution in [0, 0.1) is 0 Å². The number of carbonyl (C=O) groups excluding carboxylic acids is 1. The van der Waals surface area contributed by atoms with Crippen molar-refractivity contribution in [3.05, 3.63) is 29.3 Å². The third-order valence-electron chi connectivity index (χ3n) is 4.60. The van der Waals surface area contributed by atoms with E-state index in [1.165, 1.54) is 23.4 Å². The minimum absolute atomic E-state index is 0.187. The van der Waals surface area contributed by atoms with E-state index in [1.807, 2.05) is 18.2 Å². The molecule has 1 saturated carbocycles. The van der Waals surface area contributed by atoms with Crippen molar-refractivity contribution in [2.75, 3.05) is 18.1 Å². The Bertz CT molecular complexity index is 697. The number of anilines is 1. The summed E-state index contributed by atoms with van der Waals surface area (Å²) >= 11 is 0. The van der Waals surface area contributed by atoms with Gasteiger partial charge in [-0.1, -0.05) is 18.9 Å². The number of amides is 2. The van der Waals surface area contributed by atoms with E-state index in [4.69, 9.17) is 0 Å².